The second-order valence-electron chi connectivity index (χ2n) is 16.5. The van der Waals surface area contributed by atoms with Crippen LogP contribution in [0.3, 0.4) is 0 Å². The molecule has 306 valence electrons. The van der Waals surface area contributed by atoms with Crippen LogP contribution in [0.5, 0.6) is 0 Å². The highest BCUT2D eigenvalue weighted by molar-refractivity contribution is 5.12. The van der Waals surface area contributed by atoms with Gasteiger partial charge in [-0.2, -0.15) is 0 Å². The summed E-state index contributed by atoms with van der Waals surface area (Å²) in [7, 11) is 0. The van der Waals surface area contributed by atoms with Crippen molar-refractivity contribution >= 4 is 0 Å². The number of nitrogens with two attached hydrogens (primary N) is 3. The quantitative estimate of drug-likeness (QED) is 0.0743. The Morgan fingerprint density at radius 1 is 0.745 bits per heavy atom. The fraction of sp³-hybridized carbons (Fsp3) is 0.911. The summed E-state index contributed by atoms with van der Waals surface area (Å²) < 4.78 is 0. The van der Waals surface area contributed by atoms with E-state index >= 15 is 0 Å². The van der Waals surface area contributed by atoms with Crippen molar-refractivity contribution in [2.45, 2.75) is 153 Å². The van der Waals surface area contributed by atoms with Gasteiger partial charge in [0.1, 0.15) is 0 Å². The normalized spacial score (nSPS) is 32.9. The minimum Gasteiger partial charge on any atom is -0.330 e. The summed E-state index contributed by atoms with van der Waals surface area (Å²) in [6.07, 6.45) is 16.8. The molecule has 9 N–H and O–H groups in total. The first-order valence-electron chi connectivity index (χ1n) is 21.8. The molecule has 0 aromatic carbocycles. The van der Waals surface area contributed by atoms with E-state index in [-0.39, 0.29) is 0 Å². The molecule has 6 heteroatoms. The van der Waals surface area contributed by atoms with E-state index in [2.05, 4.69) is 77.2 Å². The summed E-state index contributed by atoms with van der Waals surface area (Å²) in [6, 6.07) is 0.463. The molecule has 0 radical (unpaired) electrons. The predicted molar refractivity (Wildman–Crippen MR) is 232 cm³/mol. The zero-order chi connectivity index (χ0) is 39.5. The van der Waals surface area contributed by atoms with Crippen LogP contribution in [-0.2, 0) is 0 Å². The molecule has 4 rings (SSSR count). The summed E-state index contributed by atoms with van der Waals surface area (Å²) in [5.41, 5.74) is 18.4. The van der Waals surface area contributed by atoms with Gasteiger partial charge < -0.3 is 33.2 Å². The Bertz CT molecular complexity index is 806. The summed E-state index contributed by atoms with van der Waals surface area (Å²) in [5.74, 6) is 7.24. The highest BCUT2D eigenvalue weighted by Gasteiger charge is 2.63. The van der Waals surface area contributed by atoms with Crippen LogP contribution in [0.15, 0.2) is 25.8 Å². The second kappa shape index (κ2) is 30.6. The van der Waals surface area contributed by atoms with E-state index in [0.717, 1.165) is 93.2 Å². The smallest absolute Gasteiger partial charge is 0.00772 e. The molecule has 0 heterocycles. The van der Waals surface area contributed by atoms with Gasteiger partial charge in [-0.1, -0.05) is 75.3 Å². The summed E-state index contributed by atoms with van der Waals surface area (Å²) >= 11 is 0. The van der Waals surface area contributed by atoms with Gasteiger partial charge in [0.2, 0.25) is 0 Å². The summed E-state index contributed by atoms with van der Waals surface area (Å²) in [4.78, 5) is 0. The molecule has 10 atom stereocenters. The Labute approximate surface area is 321 Å². The second-order valence-corrected chi connectivity index (χ2v) is 16.5. The molecule has 4 aliphatic carbocycles. The lowest BCUT2D eigenvalue weighted by Crippen LogP contribution is -2.58. The molecular formula is C45H96N6. The van der Waals surface area contributed by atoms with Crippen molar-refractivity contribution in [2.24, 2.45) is 75.4 Å². The lowest BCUT2D eigenvalue weighted by molar-refractivity contribution is -0.148. The lowest BCUT2D eigenvalue weighted by Gasteiger charge is -2.64. The van der Waals surface area contributed by atoms with Crippen LogP contribution in [0.1, 0.15) is 147 Å². The van der Waals surface area contributed by atoms with E-state index in [1.165, 1.54) is 77.2 Å². The third-order valence-electron chi connectivity index (χ3n) is 12.7. The maximum absolute atomic E-state index is 6.45. The Morgan fingerprint density at radius 2 is 1.29 bits per heavy atom. The number of nitrogens with one attached hydrogen (secondary N) is 3. The first-order chi connectivity index (χ1) is 24.5. The minimum atomic E-state index is 0.463. The molecule has 51 heavy (non-hydrogen) atoms. The third-order valence-corrected chi connectivity index (χ3v) is 12.7. The molecule has 0 amide bonds. The zero-order valence-corrected chi connectivity index (χ0v) is 36.6. The van der Waals surface area contributed by atoms with Crippen molar-refractivity contribution in [1.82, 2.24) is 16.0 Å². The lowest BCUT2D eigenvalue weighted by atomic mass is 9.41. The van der Waals surface area contributed by atoms with Crippen LogP contribution >= 0.6 is 0 Å². The predicted octanol–water partition coefficient (Wildman–Crippen LogP) is 9.40. The van der Waals surface area contributed by atoms with Crippen molar-refractivity contribution in [3.05, 3.63) is 25.8 Å². The van der Waals surface area contributed by atoms with Crippen molar-refractivity contribution < 1.29 is 0 Å². The molecule has 4 fully saturated rings. The Hall–Kier alpha value is -0.760. The Balaban J connectivity index is 0. The molecule has 10 unspecified atom stereocenters. The fourth-order valence-electron chi connectivity index (χ4n) is 10.8. The van der Waals surface area contributed by atoms with Gasteiger partial charge in [-0.15, -0.1) is 19.7 Å². The molecule has 0 bridgehead atoms. The van der Waals surface area contributed by atoms with E-state index in [9.17, 15) is 0 Å². The molecule has 0 aromatic heterocycles. The van der Waals surface area contributed by atoms with Crippen LogP contribution in [0.25, 0.3) is 0 Å². The highest BCUT2D eigenvalue weighted by Crippen LogP contribution is 2.70. The van der Waals surface area contributed by atoms with E-state index < -0.39 is 0 Å². The van der Waals surface area contributed by atoms with Crippen molar-refractivity contribution in [1.29, 1.82) is 0 Å². The fourth-order valence-corrected chi connectivity index (χ4v) is 10.8. The van der Waals surface area contributed by atoms with Gasteiger partial charge in [0.15, 0.2) is 0 Å². The van der Waals surface area contributed by atoms with Crippen molar-refractivity contribution in [3.8, 4) is 0 Å². The number of hydrogen-bond acceptors (Lipinski definition) is 6. The average Bonchev–Trinajstić information content (AvgIpc) is 3.38. The van der Waals surface area contributed by atoms with Gasteiger partial charge in [0, 0.05) is 45.3 Å². The SMILES string of the molecule is C=C.C=CC.CC.CC.CC(C)CCCN.CC1CC2(C)C(CC(C)C3C2CCC2CC(N)CCC23C)C1CCCNCCNCCNCCN. The largest absolute Gasteiger partial charge is 0.330 e. The molecule has 0 aliphatic heterocycles. The molecule has 0 saturated heterocycles. The van der Waals surface area contributed by atoms with Gasteiger partial charge in [0.25, 0.3) is 0 Å². The molecule has 4 saturated carbocycles. The first-order valence-corrected chi connectivity index (χ1v) is 21.8. The number of rotatable bonds is 15. The number of hydrogen-bond donors (Lipinski definition) is 6. The van der Waals surface area contributed by atoms with Gasteiger partial charge in [-0.05, 0) is 149 Å². The van der Waals surface area contributed by atoms with E-state index in [1.54, 1.807) is 6.08 Å². The Morgan fingerprint density at radius 3 is 1.80 bits per heavy atom. The first kappa shape index (κ1) is 52.3. The standard InChI is InChI=1S/C30H59N5.C6H15N.C3H6.2C2H6.C2H4/c1-21-18-27-25(6-5-12-33-14-16-35-17-15-34-13-11-31)22(2)20-30(27,4)26-8-7-23-19-24(32)9-10-29(23,3)28(21)26;1-6(2)4-3-5-7;1-3-2;3*1-2/h21-28,33-35H,5-20,31-32H2,1-4H3;6H,3-5,7H2,1-2H3;3H,1H2,2H3;2*1-2H3;1-2H2. The molecule has 4 aliphatic rings. The summed E-state index contributed by atoms with van der Waals surface area (Å²) in [6.45, 7) is 42.1. The van der Waals surface area contributed by atoms with Gasteiger partial charge in [0.05, 0.1) is 0 Å². The molecule has 0 spiro atoms. The van der Waals surface area contributed by atoms with Gasteiger partial charge >= 0.3 is 0 Å². The van der Waals surface area contributed by atoms with E-state index in [4.69, 9.17) is 17.2 Å². The monoisotopic (exact) mass is 721 g/mol. The third kappa shape index (κ3) is 17.1. The van der Waals surface area contributed by atoms with Gasteiger partial charge in [-0.3, -0.25) is 0 Å². The van der Waals surface area contributed by atoms with Crippen LogP contribution in [0, 0.1) is 58.2 Å². The molecule has 0 aromatic rings. The van der Waals surface area contributed by atoms with E-state index in [1.807, 2.05) is 34.6 Å². The highest BCUT2D eigenvalue weighted by atomic mass is 15.0. The number of allylic oxidation sites excluding steroid dienone is 1. The number of fused-ring (bicyclic) bond motifs is 5. The van der Waals surface area contributed by atoms with E-state index in [0.29, 0.717) is 16.9 Å². The maximum Gasteiger partial charge on any atom is 0.00772 e. The minimum absolute atomic E-state index is 0.463. The van der Waals surface area contributed by atoms with Crippen molar-refractivity contribution in [3.63, 3.8) is 0 Å². The zero-order valence-electron chi connectivity index (χ0n) is 36.6. The van der Waals surface area contributed by atoms with Crippen LogP contribution in [-0.4, -0.2) is 58.4 Å². The van der Waals surface area contributed by atoms with Crippen LogP contribution < -0.4 is 33.2 Å². The van der Waals surface area contributed by atoms with Crippen LogP contribution in [0.2, 0.25) is 0 Å². The summed E-state index contributed by atoms with van der Waals surface area (Å²) in [5, 5.41) is 10.5. The molecular weight excluding hydrogens is 625 g/mol. The average molecular weight is 721 g/mol. The van der Waals surface area contributed by atoms with Crippen LogP contribution in [0.4, 0.5) is 0 Å². The Kier molecular flexibility index (Phi) is 31.4. The maximum atomic E-state index is 6.45. The van der Waals surface area contributed by atoms with Crippen molar-refractivity contribution in [2.75, 3.05) is 52.4 Å². The molecule has 6 nitrogen and oxygen atoms in total. The van der Waals surface area contributed by atoms with Gasteiger partial charge in [-0.25, -0.2) is 0 Å². The topological polar surface area (TPSA) is 114 Å².